The lowest BCUT2D eigenvalue weighted by molar-refractivity contribution is -0.118. The van der Waals surface area contributed by atoms with E-state index in [1.54, 1.807) is 6.20 Å². The molecule has 27 heavy (non-hydrogen) atoms. The molecule has 2 N–H and O–H groups in total. The highest BCUT2D eigenvalue weighted by atomic mass is 16.5. The van der Waals surface area contributed by atoms with E-state index in [-0.39, 0.29) is 17.1 Å². The Morgan fingerprint density at radius 1 is 1.30 bits per heavy atom. The van der Waals surface area contributed by atoms with E-state index in [0.717, 1.165) is 53.4 Å². The number of ketones is 1. The van der Waals surface area contributed by atoms with E-state index in [0.29, 0.717) is 24.3 Å². The van der Waals surface area contributed by atoms with Gasteiger partial charge in [-0.2, -0.15) is 0 Å². The first-order valence-electron chi connectivity index (χ1n) is 9.58. The summed E-state index contributed by atoms with van der Waals surface area (Å²) in [4.78, 5) is 22.6. The second kappa shape index (κ2) is 5.44. The number of carbonyl (C=O) groups is 1. The van der Waals surface area contributed by atoms with Crippen molar-refractivity contribution in [2.45, 2.75) is 51.9 Å². The van der Waals surface area contributed by atoms with Gasteiger partial charge >= 0.3 is 0 Å². The van der Waals surface area contributed by atoms with Gasteiger partial charge in [-0.25, -0.2) is 9.97 Å². The predicted octanol–water partition coefficient (Wildman–Crippen LogP) is 3.05. The monoisotopic (exact) mass is 364 g/mol. The number of aromatic nitrogens is 3. The number of Topliss-reactive ketones (excluding diaryl/α,β-unsaturated/α-hetero) is 1. The molecule has 2 aliphatic carbocycles. The molecular formula is C21H24N4O2. The average molecular weight is 364 g/mol. The van der Waals surface area contributed by atoms with Crippen molar-refractivity contribution in [3.05, 3.63) is 46.4 Å². The molecular weight excluding hydrogens is 340 g/mol. The van der Waals surface area contributed by atoms with E-state index < -0.39 is 0 Å². The quantitative estimate of drug-likeness (QED) is 0.841. The minimum absolute atomic E-state index is 0.123. The van der Waals surface area contributed by atoms with Crippen LogP contribution in [0.25, 0.3) is 0 Å². The van der Waals surface area contributed by atoms with Gasteiger partial charge in [0.2, 0.25) is 5.88 Å². The number of nitrogens with zero attached hydrogens (tertiary/aromatic N) is 3. The summed E-state index contributed by atoms with van der Waals surface area (Å²) in [6.07, 6.45) is 7.80. The molecule has 0 amide bonds. The molecule has 0 bridgehead atoms. The Morgan fingerprint density at radius 3 is 2.85 bits per heavy atom. The zero-order chi connectivity index (χ0) is 18.9. The van der Waals surface area contributed by atoms with Crippen molar-refractivity contribution < 1.29 is 9.53 Å². The minimum Gasteiger partial charge on any atom is -0.443 e. The van der Waals surface area contributed by atoms with E-state index in [2.05, 4.69) is 18.8 Å². The number of ether oxygens (including phenoxy) is 1. The van der Waals surface area contributed by atoms with Gasteiger partial charge in [-0.1, -0.05) is 13.8 Å². The van der Waals surface area contributed by atoms with Crippen molar-refractivity contribution in [3.8, 4) is 5.88 Å². The van der Waals surface area contributed by atoms with Crippen LogP contribution in [-0.2, 0) is 24.7 Å². The Balaban J connectivity index is 1.79. The summed E-state index contributed by atoms with van der Waals surface area (Å²) in [5.41, 5.74) is 10.9. The Bertz CT molecular complexity index is 1020. The highest BCUT2D eigenvalue weighted by Crippen LogP contribution is 2.52. The number of nitrogen functional groups attached to an aromatic ring is 1. The van der Waals surface area contributed by atoms with Crippen LogP contribution < -0.4 is 10.5 Å². The fourth-order valence-electron chi connectivity index (χ4n) is 4.82. The van der Waals surface area contributed by atoms with Crippen molar-refractivity contribution >= 4 is 11.5 Å². The van der Waals surface area contributed by atoms with Gasteiger partial charge in [0.1, 0.15) is 11.6 Å². The lowest BCUT2D eigenvalue weighted by atomic mass is 9.71. The fraction of sp³-hybridized carbons (Fsp3) is 0.476. The first-order chi connectivity index (χ1) is 12.9. The molecule has 0 radical (unpaired) electrons. The molecule has 1 unspecified atom stereocenters. The Kier molecular flexibility index (Phi) is 3.33. The number of carbonyl (C=O) groups excluding carboxylic acids is 1. The normalized spacial score (nSPS) is 22.9. The third-order valence-corrected chi connectivity index (χ3v) is 6.06. The van der Waals surface area contributed by atoms with Gasteiger partial charge in [0, 0.05) is 49.2 Å². The summed E-state index contributed by atoms with van der Waals surface area (Å²) in [6, 6.07) is 0. The average Bonchev–Trinajstić information content (AvgIpc) is 3.20. The summed E-state index contributed by atoms with van der Waals surface area (Å²) in [7, 11) is 1.95. The van der Waals surface area contributed by atoms with Crippen LogP contribution in [-0.4, -0.2) is 20.3 Å². The first-order valence-corrected chi connectivity index (χ1v) is 9.58. The van der Waals surface area contributed by atoms with Gasteiger partial charge in [0.15, 0.2) is 5.78 Å². The maximum absolute atomic E-state index is 13.2. The number of hydrogen-bond acceptors (Lipinski definition) is 5. The molecule has 3 heterocycles. The lowest BCUT2D eigenvalue weighted by Gasteiger charge is -2.38. The number of allylic oxidation sites excluding steroid dienone is 2. The first kappa shape index (κ1) is 16.5. The van der Waals surface area contributed by atoms with Gasteiger partial charge in [0.05, 0.1) is 11.5 Å². The Hall–Kier alpha value is -2.63. The maximum atomic E-state index is 13.2. The van der Waals surface area contributed by atoms with E-state index in [1.807, 2.05) is 17.8 Å². The molecule has 0 fully saturated rings. The molecule has 2 aromatic heterocycles. The number of imidazole rings is 1. The molecule has 3 aliphatic rings. The van der Waals surface area contributed by atoms with Gasteiger partial charge in [-0.15, -0.1) is 0 Å². The van der Waals surface area contributed by atoms with Crippen LogP contribution in [0.1, 0.15) is 61.7 Å². The van der Waals surface area contributed by atoms with Crippen LogP contribution in [0, 0.1) is 5.41 Å². The lowest BCUT2D eigenvalue weighted by Crippen LogP contribution is -2.34. The molecule has 6 heteroatoms. The fourth-order valence-corrected chi connectivity index (χ4v) is 4.82. The minimum atomic E-state index is -0.314. The number of pyridine rings is 1. The van der Waals surface area contributed by atoms with Crippen molar-refractivity contribution in [2.75, 3.05) is 5.73 Å². The van der Waals surface area contributed by atoms with Crippen LogP contribution in [0.5, 0.6) is 5.88 Å². The summed E-state index contributed by atoms with van der Waals surface area (Å²) >= 11 is 0. The Morgan fingerprint density at radius 2 is 2.11 bits per heavy atom. The molecule has 0 saturated carbocycles. The van der Waals surface area contributed by atoms with E-state index in [4.69, 9.17) is 15.5 Å². The van der Waals surface area contributed by atoms with Gasteiger partial charge in [-0.3, -0.25) is 4.79 Å². The molecule has 5 rings (SSSR count). The molecule has 0 spiro atoms. The summed E-state index contributed by atoms with van der Waals surface area (Å²) in [5, 5.41) is 0. The van der Waals surface area contributed by atoms with Crippen molar-refractivity contribution in [1.29, 1.82) is 0 Å². The number of rotatable bonds is 1. The van der Waals surface area contributed by atoms with Crippen molar-refractivity contribution in [3.63, 3.8) is 0 Å². The number of anilines is 1. The molecule has 6 nitrogen and oxygen atoms in total. The number of nitrogens with two attached hydrogens (primary N) is 1. The molecule has 0 saturated heterocycles. The molecule has 140 valence electrons. The standard InChI is InChI=1S/C21H24N4O2/c1-21(2)9-13(26)15-14(10-21)27-20-17(16(15)19-23-7-8-25(19)3)18(22)11-5-4-6-12(11)24-20/h7-8,16H,4-6,9-10H2,1-3H3,(H2,22,24). The summed E-state index contributed by atoms with van der Waals surface area (Å²) in [5.74, 6) is 1.92. The zero-order valence-electron chi connectivity index (χ0n) is 16.0. The van der Waals surface area contributed by atoms with Crippen LogP contribution in [0.3, 0.4) is 0 Å². The number of aryl methyl sites for hydroxylation is 2. The van der Waals surface area contributed by atoms with Crippen LogP contribution >= 0.6 is 0 Å². The highest BCUT2D eigenvalue weighted by molar-refractivity contribution is 6.00. The van der Waals surface area contributed by atoms with Crippen LogP contribution in [0.15, 0.2) is 23.7 Å². The summed E-state index contributed by atoms with van der Waals surface area (Å²) in [6.45, 7) is 4.21. The number of hydrogen-bond donors (Lipinski definition) is 1. The maximum Gasteiger partial charge on any atom is 0.225 e. The summed E-state index contributed by atoms with van der Waals surface area (Å²) < 4.78 is 8.21. The third kappa shape index (κ3) is 2.35. The van der Waals surface area contributed by atoms with Crippen LogP contribution in [0.2, 0.25) is 0 Å². The van der Waals surface area contributed by atoms with E-state index >= 15 is 0 Å². The largest absolute Gasteiger partial charge is 0.443 e. The molecule has 0 aromatic carbocycles. The topological polar surface area (TPSA) is 83.0 Å². The highest BCUT2D eigenvalue weighted by Gasteiger charge is 2.45. The van der Waals surface area contributed by atoms with Gasteiger partial charge in [-0.05, 0) is 30.2 Å². The Labute approximate surface area is 158 Å². The third-order valence-electron chi connectivity index (χ3n) is 6.06. The van der Waals surface area contributed by atoms with E-state index in [1.165, 1.54) is 0 Å². The van der Waals surface area contributed by atoms with Crippen LogP contribution in [0.4, 0.5) is 5.69 Å². The SMILES string of the molecule is Cn1ccnc1C1C2=C(CC(C)(C)CC2=O)Oc2nc3c(c(N)c21)CCC3. The van der Waals surface area contributed by atoms with Gasteiger partial charge in [0.25, 0.3) is 0 Å². The second-order valence-electron chi connectivity index (χ2n) is 8.73. The molecule has 1 aliphatic heterocycles. The van der Waals surface area contributed by atoms with Crippen molar-refractivity contribution in [1.82, 2.24) is 14.5 Å². The van der Waals surface area contributed by atoms with E-state index in [9.17, 15) is 4.79 Å². The predicted molar refractivity (Wildman–Crippen MR) is 101 cm³/mol. The molecule has 2 aromatic rings. The molecule has 1 atom stereocenters. The zero-order valence-corrected chi connectivity index (χ0v) is 16.0. The number of fused-ring (bicyclic) bond motifs is 2. The van der Waals surface area contributed by atoms with Crippen molar-refractivity contribution in [2.24, 2.45) is 12.5 Å². The smallest absolute Gasteiger partial charge is 0.225 e. The van der Waals surface area contributed by atoms with Gasteiger partial charge < -0.3 is 15.0 Å². The second-order valence-corrected chi connectivity index (χ2v) is 8.73.